The first-order valence-corrected chi connectivity index (χ1v) is 13.2. The molecule has 1 aliphatic heterocycles. The van der Waals surface area contributed by atoms with E-state index in [4.69, 9.17) is 9.20 Å². The highest BCUT2D eigenvalue weighted by Gasteiger charge is 2.19. The van der Waals surface area contributed by atoms with Crippen LogP contribution in [0.2, 0.25) is 0 Å². The molecule has 0 saturated carbocycles. The van der Waals surface area contributed by atoms with E-state index in [1.807, 2.05) is 18.2 Å². The number of carbonyl (C=O) groups excluding carboxylic acids is 1. The average Bonchev–Trinajstić information content (AvgIpc) is 3.55. The largest absolute Gasteiger partial charge is 0.415 e. The standard InChI is InChI=1S/C20H16F3N3O2.C5H12N2S/c21-17-9-14(19-24-25-20(28-19)18(22)23)4-5-15(17)10-26(11-27)16-7-6-12-2-1-3-13(12)8-16;1-7-2-4-8(6)5-3-7/h4-9,11,18H,1-3,10H2;6H,2-5H2,1H3. The maximum Gasteiger partial charge on any atom is 0.314 e. The molecule has 1 saturated heterocycles. The number of nitrogens with one attached hydrogen (secondary N) is 1. The van der Waals surface area contributed by atoms with Crippen molar-refractivity contribution in [2.45, 2.75) is 32.2 Å². The molecule has 1 aliphatic carbocycles. The van der Waals surface area contributed by atoms with Crippen molar-refractivity contribution in [2.24, 2.45) is 0 Å². The van der Waals surface area contributed by atoms with Crippen LogP contribution in [-0.4, -0.2) is 53.2 Å². The van der Waals surface area contributed by atoms with Crippen LogP contribution >= 0.6 is 0 Å². The van der Waals surface area contributed by atoms with E-state index in [-0.39, 0.29) is 34.3 Å². The number of hydrogen-bond acceptors (Lipinski definition) is 6. The number of anilines is 1. The smallest absolute Gasteiger partial charge is 0.314 e. The van der Waals surface area contributed by atoms with Crippen LogP contribution in [0.4, 0.5) is 18.9 Å². The molecule has 11 heteroatoms. The Balaban J connectivity index is 0.000000325. The molecular formula is C25H28F3N5O2S. The number of halogens is 3. The lowest BCUT2D eigenvalue weighted by molar-refractivity contribution is -0.107. The summed E-state index contributed by atoms with van der Waals surface area (Å²) in [6, 6.07) is 9.92. The van der Waals surface area contributed by atoms with Gasteiger partial charge in [-0.25, -0.2) is 4.39 Å². The molecule has 192 valence electrons. The van der Waals surface area contributed by atoms with E-state index in [0.29, 0.717) is 12.1 Å². The highest BCUT2D eigenvalue weighted by molar-refractivity contribution is 7.86. The summed E-state index contributed by atoms with van der Waals surface area (Å²) in [5, 5.41) is 6.74. The van der Waals surface area contributed by atoms with E-state index in [0.717, 1.165) is 49.9 Å². The Hall–Kier alpha value is -3.05. The van der Waals surface area contributed by atoms with Crippen molar-refractivity contribution < 1.29 is 22.4 Å². The first-order valence-electron chi connectivity index (χ1n) is 11.7. The fraction of sp³-hybridized carbons (Fsp3) is 0.400. The minimum absolute atomic E-state index is 0.00256. The summed E-state index contributed by atoms with van der Waals surface area (Å²) in [6.45, 7) is 2.31. The third kappa shape index (κ3) is 6.38. The summed E-state index contributed by atoms with van der Waals surface area (Å²) in [7, 11) is 2.12. The molecule has 2 heterocycles. The molecule has 0 atom stereocenters. The predicted molar refractivity (Wildman–Crippen MR) is 133 cm³/mol. The van der Waals surface area contributed by atoms with Crippen molar-refractivity contribution in [2.75, 3.05) is 36.5 Å². The van der Waals surface area contributed by atoms with Crippen LogP contribution in [0.15, 0.2) is 40.8 Å². The van der Waals surface area contributed by atoms with Crippen molar-refractivity contribution >= 4 is 22.8 Å². The second-order valence-corrected chi connectivity index (χ2v) is 10.6. The number of amides is 1. The predicted octanol–water partition coefficient (Wildman–Crippen LogP) is 4.78. The number of aryl methyl sites for hydroxylation is 2. The minimum Gasteiger partial charge on any atom is -0.415 e. The minimum atomic E-state index is -2.89. The summed E-state index contributed by atoms with van der Waals surface area (Å²) in [6.07, 6.45) is 0.883. The topological polar surface area (TPSA) is 86.3 Å². The molecule has 7 nitrogen and oxygen atoms in total. The molecule has 0 unspecified atom stereocenters. The normalized spacial score (nSPS) is 15.9. The van der Waals surface area contributed by atoms with Gasteiger partial charge >= 0.3 is 6.43 Å². The van der Waals surface area contributed by atoms with Crippen LogP contribution in [0.1, 0.15) is 35.4 Å². The van der Waals surface area contributed by atoms with E-state index >= 15 is 0 Å². The molecule has 1 fully saturated rings. The third-order valence-electron chi connectivity index (χ3n) is 6.25. The molecule has 0 bridgehead atoms. The lowest BCUT2D eigenvalue weighted by Gasteiger charge is -2.22. The van der Waals surface area contributed by atoms with Crippen molar-refractivity contribution in [3.63, 3.8) is 0 Å². The number of aromatic nitrogens is 2. The van der Waals surface area contributed by atoms with E-state index in [2.05, 4.69) is 22.1 Å². The monoisotopic (exact) mass is 519 g/mol. The van der Waals surface area contributed by atoms with Crippen molar-refractivity contribution in [1.82, 2.24) is 15.1 Å². The number of hydrogen-bond donors (Lipinski definition) is 1. The molecule has 1 aromatic heterocycles. The third-order valence-corrected chi connectivity index (χ3v) is 7.60. The van der Waals surface area contributed by atoms with Crippen molar-refractivity contribution in [3.8, 4) is 11.5 Å². The fourth-order valence-corrected chi connectivity index (χ4v) is 5.37. The molecule has 1 N–H and O–H groups in total. The van der Waals surface area contributed by atoms with E-state index in [9.17, 15) is 18.0 Å². The van der Waals surface area contributed by atoms with Gasteiger partial charge in [-0.2, -0.15) is 8.78 Å². The Morgan fingerprint density at radius 1 is 1.14 bits per heavy atom. The quantitative estimate of drug-likeness (QED) is 0.474. The molecule has 5 rings (SSSR count). The SMILES string of the molecule is CN1CCS(=N)CC1.O=CN(Cc1ccc(-c2nnc(C(F)F)o2)cc1F)c1ccc2c(c1)CCC2. The van der Waals surface area contributed by atoms with Gasteiger partial charge in [0.05, 0.1) is 6.54 Å². The Bertz CT molecular complexity index is 1230. The molecule has 2 aromatic carbocycles. The molecule has 0 radical (unpaired) electrons. The van der Waals surface area contributed by atoms with Crippen LogP contribution in [0.25, 0.3) is 11.5 Å². The maximum absolute atomic E-state index is 14.6. The van der Waals surface area contributed by atoms with E-state index in [1.54, 1.807) is 0 Å². The van der Waals surface area contributed by atoms with Gasteiger partial charge in [0.15, 0.2) is 0 Å². The zero-order valence-electron chi connectivity index (χ0n) is 19.9. The van der Waals surface area contributed by atoms with Gasteiger partial charge in [-0.05, 0) is 61.7 Å². The average molecular weight is 520 g/mol. The summed E-state index contributed by atoms with van der Waals surface area (Å²) < 4.78 is 51.9. The van der Waals surface area contributed by atoms with Gasteiger partial charge in [0.1, 0.15) is 5.82 Å². The summed E-state index contributed by atoms with van der Waals surface area (Å²) in [4.78, 5) is 15.3. The van der Waals surface area contributed by atoms with Crippen LogP contribution < -0.4 is 4.90 Å². The van der Waals surface area contributed by atoms with Crippen LogP contribution in [-0.2, 0) is 34.9 Å². The first-order chi connectivity index (χ1) is 17.3. The van der Waals surface area contributed by atoms with Gasteiger partial charge in [0.2, 0.25) is 12.3 Å². The molecule has 36 heavy (non-hydrogen) atoms. The lowest BCUT2D eigenvalue weighted by atomic mass is 10.1. The number of nitrogens with zero attached hydrogens (tertiary/aromatic N) is 4. The second kappa shape index (κ2) is 11.8. The van der Waals surface area contributed by atoms with Crippen LogP contribution in [0.5, 0.6) is 0 Å². The fourth-order valence-electron chi connectivity index (χ4n) is 4.10. The van der Waals surface area contributed by atoms with Crippen LogP contribution in [0.3, 0.4) is 0 Å². The molecule has 2 aliphatic rings. The van der Waals surface area contributed by atoms with Gasteiger partial charge in [-0.3, -0.25) is 9.57 Å². The lowest BCUT2D eigenvalue weighted by Crippen LogP contribution is -2.33. The summed E-state index contributed by atoms with van der Waals surface area (Å²) in [5.41, 5.74) is 3.68. The zero-order chi connectivity index (χ0) is 25.7. The van der Waals surface area contributed by atoms with Gasteiger partial charge in [0, 0.05) is 41.4 Å². The Morgan fingerprint density at radius 3 is 2.53 bits per heavy atom. The van der Waals surface area contributed by atoms with Gasteiger partial charge in [0.25, 0.3) is 5.89 Å². The van der Waals surface area contributed by atoms with E-state index < -0.39 is 18.1 Å². The Kier molecular flexibility index (Phi) is 8.52. The number of rotatable bonds is 6. The second-order valence-electron chi connectivity index (χ2n) is 8.80. The number of fused-ring (bicyclic) bond motifs is 1. The zero-order valence-corrected chi connectivity index (χ0v) is 20.7. The Labute approximate surface area is 210 Å². The molecular weight excluding hydrogens is 491 g/mol. The van der Waals surface area contributed by atoms with Gasteiger partial charge in [-0.15, -0.1) is 20.9 Å². The highest BCUT2D eigenvalue weighted by Crippen LogP contribution is 2.29. The number of alkyl halides is 2. The van der Waals surface area contributed by atoms with E-state index in [1.165, 1.54) is 28.2 Å². The first kappa shape index (κ1) is 26.0. The van der Waals surface area contributed by atoms with Gasteiger partial charge < -0.3 is 14.2 Å². The van der Waals surface area contributed by atoms with Gasteiger partial charge in [-0.1, -0.05) is 12.1 Å². The molecule has 0 spiro atoms. The maximum atomic E-state index is 14.6. The molecule has 1 amide bonds. The van der Waals surface area contributed by atoms with Crippen LogP contribution in [0, 0.1) is 10.6 Å². The molecule has 3 aromatic rings. The summed E-state index contributed by atoms with van der Waals surface area (Å²) in [5.74, 6) is 0.588. The number of carbonyl (C=O) groups is 1. The van der Waals surface area contributed by atoms with Crippen molar-refractivity contribution in [3.05, 3.63) is 64.8 Å². The highest BCUT2D eigenvalue weighted by atomic mass is 32.2. The number of benzene rings is 2. The Morgan fingerprint density at radius 2 is 1.89 bits per heavy atom. The van der Waals surface area contributed by atoms with Crippen molar-refractivity contribution in [1.29, 1.82) is 4.78 Å². The summed E-state index contributed by atoms with van der Waals surface area (Å²) >= 11 is 0.